The van der Waals surface area contributed by atoms with Crippen LogP contribution in [0.2, 0.25) is 0 Å². The topological polar surface area (TPSA) is 35.5 Å². The van der Waals surface area contributed by atoms with Crippen LogP contribution in [-0.4, -0.2) is 40.0 Å². The van der Waals surface area contributed by atoms with Gasteiger partial charge in [0.2, 0.25) is 0 Å². The zero-order valence-electron chi connectivity index (χ0n) is 14.5. The zero-order valence-corrected chi connectivity index (χ0v) is 16.7. The molecule has 1 aromatic carbocycles. The second kappa shape index (κ2) is 8.66. The number of hydrogen-bond acceptors (Lipinski definition) is 3. The van der Waals surface area contributed by atoms with Gasteiger partial charge in [0.15, 0.2) is 0 Å². The van der Waals surface area contributed by atoms with E-state index in [1.165, 1.54) is 12.0 Å². The second-order valence-corrected chi connectivity index (χ2v) is 9.95. The zero-order chi connectivity index (χ0) is 16.8. The van der Waals surface area contributed by atoms with Gasteiger partial charge in [0.05, 0.1) is 0 Å². The van der Waals surface area contributed by atoms with Crippen molar-refractivity contribution in [3.05, 3.63) is 35.4 Å². The molecule has 4 heteroatoms. The molecule has 0 aromatic heterocycles. The van der Waals surface area contributed by atoms with Crippen molar-refractivity contribution >= 4 is 0 Å². The van der Waals surface area contributed by atoms with Gasteiger partial charge in [-0.05, 0) is 0 Å². The fraction of sp³-hybridized carbons (Fsp3) is 0.600. The standard InChI is InChI=1S/C20H28IN2O/c1-2-7-17-8-6-9-18(16-17)19(20(24)10-4-3-5-11-20)21-23-14-12-22-13-15-23/h6,8-9,16,19,22,24H,3-5,10-15H2,1H3/q-1. The Labute approximate surface area is 156 Å². The van der Waals surface area contributed by atoms with E-state index in [1.54, 1.807) is 0 Å². The molecular weight excluding hydrogens is 411 g/mol. The molecule has 2 N–H and O–H groups in total. The first-order chi connectivity index (χ1) is 11.7. The maximum absolute atomic E-state index is 11.5. The summed E-state index contributed by atoms with van der Waals surface area (Å²) in [6, 6.07) is 8.61. The Bertz CT molecular complexity index is 595. The van der Waals surface area contributed by atoms with Gasteiger partial charge >= 0.3 is 157 Å². The third kappa shape index (κ3) is 4.51. The number of nitrogens with one attached hydrogen (secondary N) is 1. The molecule has 2 aliphatic rings. The number of hydrogen-bond donors (Lipinski definition) is 2. The molecule has 1 atom stereocenters. The van der Waals surface area contributed by atoms with E-state index >= 15 is 0 Å². The third-order valence-electron chi connectivity index (χ3n) is 4.94. The molecule has 1 aromatic rings. The van der Waals surface area contributed by atoms with Gasteiger partial charge in [-0.3, -0.25) is 0 Å². The summed E-state index contributed by atoms with van der Waals surface area (Å²) >= 11 is -0.243. The molecule has 3 rings (SSSR count). The van der Waals surface area contributed by atoms with Crippen LogP contribution in [-0.2, 0) is 0 Å². The Morgan fingerprint density at radius 3 is 2.67 bits per heavy atom. The minimum atomic E-state index is -0.519. The van der Waals surface area contributed by atoms with Crippen LogP contribution < -0.4 is 26.8 Å². The first-order valence-corrected chi connectivity index (χ1v) is 11.3. The van der Waals surface area contributed by atoms with E-state index in [9.17, 15) is 5.11 Å². The summed E-state index contributed by atoms with van der Waals surface area (Å²) in [5.41, 5.74) is 1.85. The first kappa shape index (κ1) is 18.2. The number of benzene rings is 1. The average Bonchev–Trinajstić information content (AvgIpc) is 2.62. The van der Waals surface area contributed by atoms with Crippen LogP contribution >= 0.6 is 0 Å². The molecule has 0 amide bonds. The van der Waals surface area contributed by atoms with Crippen molar-refractivity contribution < 1.29 is 26.6 Å². The normalized spacial score (nSPS) is 22.6. The van der Waals surface area contributed by atoms with Gasteiger partial charge < -0.3 is 0 Å². The molecule has 1 saturated heterocycles. The molecule has 1 heterocycles. The maximum atomic E-state index is 11.5. The molecule has 0 radical (unpaired) electrons. The van der Waals surface area contributed by atoms with E-state index in [1.807, 2.05) is 6.92 Å². The van der Waals surface area contributed by atoms with Gasteiger partial charge in [0, 0.05) is 0 Å². The number of halogens is 1. The van der Waals surface area contributed by atoms with E-state index in [4.69, 9.17) is 0 Å². The molecule has 3 nitrogen and oxygen atoms in total. The van der Waals surface area contributed by atoms with E-state index in [2.05, 4.69) is 44.5 Å². The first-order valence-electron chi connectivity index (χ1n) is 9.06. The van der Waals surface area contributed by atoms with Crippen LogP contribution in [0.25, 0.3) is 0 Å². The van der Waals surface area contributed by atoms with Crippen molar-refractivity contribution in [1.82, 2.24) is 8.43 Å². The van der Waals surface area contributed by atoms with Gasteiger partial charge in [-0.25, -0.2) is 0 Å². The molecule has 1 aliphatic heterocycles. The van der Waals surface area contributed by atoms with Gasteiger partial charge in [-0.1, -0.05) is 0 Å². The van der Waals surface area contributed by atoms with Crippen LogP contribution in [0.1, 0.15) is 54.1 Å². The minimum absolute atomic E-state index is 0.243. The molecule has 1 aliphatic carbocycles. The summed E-state index contributed by atoms with van der Waals surface area (Å²) < 4.78 is 2.90. The molecule has 0 bridgehead atoms. The molecule has 1 unspecified atom stereocenters. The fourth-order valence-corrected chi connectivity index (χ4v) is 7.34. The molecule has 0 spiro atoms. The summed E-state index contributed by atoms with van der Waals surface area (Å²) in [6.45, 7) is 6.27. The predicted molar refractivity (Wildman–Crippen MR) is 94.2 cm³/mol. The SMILES string of the molecule is CC#Cc1cccc(C([I-]N2CCNCC2)C2(O)CCCCC2)c1. The molecular formula is C20H28IN2O-. The van der Waals surface area contributed by atoms with Crippen molar-refractivity contribution in [2.24, 2.45) is 0 Å². The van der Waals surface area contributed by atoms with Crippen LogP contribution in [0.3, 0.4) is 0 Å². The third-order valence-corrected chi connectivity index (χ3v) is 9.13. The van der Waals surface area contributed by atoms with E-state index in [-0.39, 0.29) is 25.4 Å². The number of alkyl halides is 1. The fourth-order valence-electron chi connectivity index (χ4n) is 3.67. The monoisotopic (exact) mass is 439 g/mol. The Morgan fingerprint density at radius 1 is 1.21 bits per heavy atom. The summed E-state index contributed by atoms with van der Waals surface area (Å²) in [4.78, 5) is 0. The Balaban J connectivity index is 1.87. The number of nitrogens with zero attached hydrogens (tertiary/aromatic N) is 1. The Kier molecular flexibility index (Phi) is 6.56. The van der Waals surface area contributed by atoms with Crippen molar-refractivity contribution in [2.75, 3.05) is 26.2 Å². The summed E-state index contributed by atoms with van der Waals surface area (Å²) in [7, 11) is 0. The number of piperazine rings is 1. The van der Waals surface area contributed by atoms with E-state index < -0.39 is 5.60 Å². The van der Waals surface area contributed by atoms with Gasteiger partial charge in [-0.2, -0.15) is 0 Å². The number of rotatable bonds is 4. The molecule has 2 fully saturated rings. The summed E-state index contributed by atoms with van der Waals surface area (Å²) in [6.07, 6.45) is 5.49. The van der Waals surface area contributed by atoms with E-state index in [0.29, 0.717) is 0 Å². The van der Waals surface area contributed by atoms with Crippen LogP contribution in [0.4, 0.5) is 0 Å². The number of aliphatic hydroxyl groups is 1. The average molecular weight is 439 g/mol. The molecule has 1 saturated carbocycles. The van der Waals surface area contributed by atoms with Crippen molar-refractivity contribution in [1.29, 1.82) is 0 Å². The van der Waals surface area contributed by atoms with E-state index in [0.717, 1.165) is 57.4 Å². The van der Waals surface area contributed by atoms with Gasteiger partial charge in [0.25, 0.3) is 0 Å². The molecule has 132 valence electrons. The van der Waals surface area contributed by atoms with Crippen LogP contribution in [0.15, 0.2) is 24.3 Å². The van der Waals surface area contributed by atoms with Gasteiger partial charge in [0.1, 0.15) is 0 Å². The molecule has 24 heavy (non-hydrogen) atoms. The second-order valence-electron chi connectivity index (χ2n) is 6.78. The van der Waals surface area contributed by atoms with Crippen molar-refractivity contribution in [2.45, 2.75) is 48.6 Å². The van der Waals surface area contributed by atoms with Crippen molar-refractivity contribution in [3.8, 4) is 11.8 Å². The predicted octanol–water partition coefficient (Wildman–Crippen LogP) is -0.296. The Morgan fingerprint density at radius 2 is 1.96 bits per heavy atom. The quantitative estimate of drug-likeness (QED) is 0.293. The van der Waals surface area contributed by atoms with Crippen LogP contribution in [0, 0.1) is 11.8 Å². The van der Waals surface area contributed by atoms with Gasteiger partial charge in [-0.15, -0.1) is 0 Å². The summed E-state index contributed by atoms with van der Waals surface area (Å²) in [5, 5.41) is 14.9. The van der Waals surface area contributed by atoms with Crippen molar-refractivity contribution in [3.63, 3.8) is 0 Å². The van der Waals surface area contributed by atoms with Crippen LogP contribution in [0.5, 0.6) is 0 Å². The Hall–Kier alpha value is -0.610. The summed E-state index contributed by atoms with van der Waals surface area (Å²) in [5.74, 6) is 6.18.